The van der Waals surface area contributed by atoms with Crippen molar-refractivity contribution in [1.29, 1.82) is 0 Å². The second-order valence-corrected chi connectivity index (χ2v) is 2.00. The number of benzene rings is 1. The van der Waals surface area contributed by atoms with Crippen molar-refractivity contribution in [2.75, 3.05) is 7.11 Å². The van der Waals surface area contributed by atoms with Gasteiger partial charge in [0.25, 0.3) is 0 Å². The quantitative estimate of drug-likeness (QED) is 0.396. The second-order valence-electron chi connectivity index (χ2n) is 2.00. The van der Waals surface area contributed by atoms with Crippen molar-refractivity contribution in [3.05, 3.63) is 35.6 Å². The van der Waals surface area contributed by atoms with Crippen LogP contribution in [-0.2, 0) is 4.74 Å². The van der Waals surface area contributed by atoms with Gasteiger partial charge in [0.15, 0.2) is 0 Å². The van der Waals surface area contributed by atoms with Crippen molar-refractivity contribution in [1.82, 2.24) is 0 Å². The van der Waals surface area contributed by atoms with E-state index >= 15 is 0 Å². The molecule has 2 nitrogen and oxygen atoms in total. The molecule has 0 heterocycles. The first-order valence-electron chi connectivity index (χ1n) is 3.08. The summed E-state index contributed by atoms with van der Waals surface area (Å²) in [6.07, 6.45) is 0. The topological polar surface area (TPSA) is 26.3 Å². The van der Waals surface area contributed by atoms with Crippen LogP contribution in [0.4, 0.5) is 4.39 Å². The first kappa shape index (κ1) is 11.6. The van der Waals surface area contributed by atoms with E-state index in [1.165, 1.54) is 31.4 Å². The van der Waals surface area contributed by atoms with Gasteiger partial charge in [-0.25, -0.2) is 9.18 Å². The summed E-state index contributed by atoms with van der Waals surface area (Å²) < 4.78 is 16.7. The average Bonchev–Trinajstić information content (AvgIpc) is 2.05. The molecule has 0 aliphatic rings. The van der Waals surface area contributed by atoms with E-state index < -0.39 is 5.97 Å². The van der Waals surface area contributed by atoms with Gasteiger partial charge in [0.2, 0.25) is 0 Å². The van der Waals surface area contributed by atoms with Crippen LogP contribution in [0.1, 0.15) is 11.8 Å². The van der Waals surface area contributed by atoms with Gasteiger partial charge in [-0.15, -0.1) is 0 Å². The molecular formula is C8H8FNaO2. The summed E-state index contributed by atoms with van der Waals surface area (Å²) >= 11 is 0. The molecular weight excluding hydrogens is 170 g/mol. The third kappa shape index (κ3) is 2.93. The SMILES string of the molecule is COC(=O)c1ccc(F)cc1.[H-].[Na+]. The molecule has 0 saturated carbocycles. The molecule has 0 amide bonds. The minimum Gasteiger partial charge on any atom is -1.00 e. The Morgan fingerprint density at radius 3 is 2.33 bits per heavy atom. The van der Waals surface area contributed by atoms with Crippen molar-refractivity contribution >= 4 is 5.97 Å². The van der Waals surface area contributed by atoms with Crippen LogP contribution in [0.2, 0.25) is 0 Å². The number of ether oxygens (including phenoxy) is 1. The molecule has 0 unspecified atom stereocenters. The zero-order chi connectivity index (χ0) is 8.27. The molecule has 0 atom stereocenters. The van der Waals surface area contributed by atoms with Crippen LogP contribution < -0.4 is 29.6 Å². The minimum absolute atomic E-state index is 0. The smallest absolute Gasteiger partial charge is 1.00 e. The molecule has 0 aromatic heterocycles. The van der Waals surface area contributed by atoms with Gasteiger partial charge in [0.1, 0.15) is 5.82 Å². The Kier molecular flexibility index (Phi) is 5.13. The number of esters is 1. The van der Waals surface area contributed by atoms with E-state index in [1.807, 2.05) is 0 Å². The Morgan fingerprint density at radius 1 is 1.42 bits per heavy atom. The van der Waals surface area contributed by atoms with Gasteiger partial charge in [0.05, 0.1) is 12.7 Å². The fourth-order valence-electron chi connectivity index (χ4n) is 0.704. The number of carbonyl (C=O) groups excluding carboxylic acids is 1. The average molecular weight is 178 g/mol. The molecule has 0 aliphatic heterocycles. The number of carbonyl (C=O) groups is 1. The molecule has 0 radical (unpaired) electrons. The van der Waals surface area contributed by atoms with Crippen LogP contribution in [0, 0.1) is 5.82 Å². The monoisotopic (exact) mass is 178 g/mol. The van der Waals surface area contributed by atoms with E-state index in [-0.39, 0.29) is 36.8 Å². The Morgan fingerprint density at radius 2 is 1.92 bits per heavy atom. The van der Waals surface area contributed by atoms with Gasteiger partial charge in [0, 0.05) is 0 Å². The van der Waals surface area contributed by atoms with E-state index in [2.05, 4.69) is 4.74 Å². The second kappa shape index (κ2) is 5.30. The van der Waals surface area contributed by atoms with E-state index in [9.17, 15) is 9.18 Å². The number of hydrogen-bond donors (Lipinski definition) is 0. The van der Waals surface area contributed by atoms with Crippen molar-refractivity contribution in [3.63, 3.8) is 0 Å². The van der Waals surface area contributed by atoms with Gasteiger partial charge in [-0.2, -0.15) is 0 Å². The van der Waals surface area contributed by atoms with Crippen LogP contribution in [0.5, 0.6) is 0 Å². The molecule has 12 heavy (non-hydrogen) atoms. The number of halogens is 1. The normalized spacial score (nSPS) is 8.50. The Bertz CT molecular complexity index is 263. The number of rotatable bonds is 1. The number of methoxy groups -OCH3 is 1. The Labute approximate surface area is 93.5 Å². The standard InChI is InChI=1S/C8H7FO2.Na.H/c1-11-8(10)6-2-4-7(9)5-3-6;;/h2-5H,1H3;;/q;+1;-1. The van der Waals surface area contributed by atoms with E-state index in [4.69, 9.17) is 0 Å². The maximum Gasteiger partial charge on any atom is 1.00 e. The van der Waals surface area contributed by atoms with E-state index in [1.54, 1.807) is 0 Å². The third-order valence-electron chi connectivity index (χ3n) is 1.27. The summed E-state index contributed by atoms with van der Waals surface area (Å²) in [5, 5.41) is 0. The molecule has 4 heteroatoms. The summed E-state index contributed by atoms with van der Waals surface area (Å²) in [6, 6.07) is 5.18. The predicted molar refractivity (Wildman–Crippen MR) is 38.9 cm³/mol. The van der Waals surface area contributed by atoms with Gasteiger partial charge >= 0.3 is 35.5 Å². The molecule has 60 valence electrons. The summed E-state index contributed by atoms with van der Waals surface area (Å²) in [6.45, 7) is 0. The largest absolute Gasteiger partial charge is 1.00 e. The van der Waals surface area contributed by atoms with E-state index in [0.29, 0.717) is 5.56 Å². The molecule has 0 spiro atoms. The molecule has 1 rings (SSSR count). The molecule has 0 saturated heterocycles. The summed E-state index contributed by atoms with van der Waals surface area (Å²) in [4.78, 5) is 10.8. The molecule has 1 aromatic rings. The van der Waals surface area contributed by atoms with Gasteiger partial charge in [-0.05, 0) is 24.3 Å². The molecule has 0 N–H and O–H groups in total. The van der Waals surface area contributed by atoms with Gasteiger partial charge in [-0.1, -0.05) is 0 Å². The van der Waals surface area contributed by atoms with Crippen LogP contribution in [0.15, 0.2) is 24.3 Å². The molecule has 1 aromatic carbocycles. The molecule has 0 bridgehead atoms. The van der Waals surface area contributed by atoms with Gasteiger partial charge < -0.3 is 6.16 Å². The van der Waals surface area contributed by atoms with Gasteiger partial charge in [-0.3, -0.25) is 0 Å². The summed E-state index contributed by atoms with van der Waals surface area (Å²) in [7, 11) is 1.28. The first-order chi connectivity index (χ1) is 5.24. The Hall–Kier alpha value is -0.380. The third-order valence-corrected chi connectivity index (χ3v) is 1.27. The zero-order valence-electron chi connectivity index (χ0n) is 8.00. The van der Waals surface area contributed by atoms with Crippen molar-refractivity contribution in [2.24, 2.45) is 0 Å². The number of hydrogen-bond acceptors (Lipinski definition) is 2. The summed E-state index contributed by atoms with van der Waals surface area (Å²) in [5.74, 6) is -0.817. The maximum atomic E-state index is 12.3. The van der Waals surface area contributed by atoms with Crippen LogP contribution >= 0.6 is 0 Å². The van der Waals surface area contributed by atoms with Crippen LogP contribution in [0.3, 0.4) is 0 Å². The summed E-state index contributed by atoms with van der Waals surface area (Å²) in [5.41, 5.74) is 0.355. The molecule has 0 aliphatic carbocycles. The van der Waals surface area contributed by atoms with Crippen molar-refractivity contribution in [3.8, 4) is 0 Å². The fraction of sp³-hybridized carbons (Fsp3) is 0.125. The van der Waals surface area contributed by atoms with Crippen LogP contribution in [-0.4, -0.2) is 13.1 Å². The van der Waals surface area contributed by atoms with Crippen LogP contribution in [0.25, 0.3) is 0 Å². The van der Waals surface area contributed by atoms with Crippen molar-refractivity contribution in [2.45, 2.75) is 0 Å². The Balaban J connectivity index is 0. The van der Waals surface area contributed by atoms with E-state index in [0.717, 1.165) is 0 Å². The minimum atomic E-state index is -0.454. The first-order valence-corrected chi connectivity index (χ1v) is 3.08. The predicted octanol–water partition coefficient (Wildman–Crippen LogP) is -1.27. The molecule has 0 fully saturated rings. The zero-order valence-corrected chi connectivity index (χ0v) is 9.00. The fourth-order valence-corrected chi connectivity index (χ4v) is 0.704. The van der Waals surface area contributed by atoms with Crippen molar-refractivity contribution < 1.29 is 44.9 Å². The maximum absolute atomic E-state index is 12.3.